The number of nitrogens with one attached hydrogen (secondary N) is 1. The Bertz CT molecular complexity index is 195. The lowest BCUT2D eigenvalue weighted by molar-refractivity contribution is -0.152. The monoisotopic (exact) mass is 233 g/mol. The molecule has 4 nitrogen and oxygen atoms in total. The Morgan fingerprint density at radius 3 is 3.13 bits per heavy atom. The number of hydrogen-bond acceptors (Lipinski definition) is 5. The Hall–Kier alpha value is -0.260. The van der Waals surface area contributed by atoms with Crippen molar-refractivity contribution in [2.24, 2.45) is 0 Å². The number of aliphatic hydroxyl groups is 1. The Balaban J connectivity index is 2.14. The number of ether oxygens (including phenoxy) is 1. The van der Waals surface area contributed by atoms with Gasteiger partial charge in [-0.25, -0.2) is 4.79 Å². The lowest BCUT2D eigenvalue weighted by Gasteiger charge is -2.23. The summed E-state index contributed by atoms with van der Waals surface area (Å²) in [5.41, 5.74) is 0. The first kappa shape index (κ1) is 12.8. The van der Waals surface area contributed by atoms with Gasteiger partial charge in [-0.2, -0.15) is 11.8 Å². The zero-order valence-corrected chi connectivity index (χ0v) is 9.89. The van der Waals surface area contributed by atoms with Gasteiger partial charge in [-0.3, -0.25) is 0 Å². The van der Waals surface area contributed by atoms with E-state index >= 15 is 0 Å². The van der Waals surface area contributed by atoms with E-state index in [1.165, 1.54) is 12.2 Å². The number of hydrogen-bond donors (Lipinski definition) is 2. The number of thioether (sulfide) groups is 1. The van der Waals surface area contributed by atoms with E-state index in [0.29, 0.717) is 19.2 Å². The van der Waals surface area contributed by atoms with Crippen LogP contribution < -0.4 is 5.32 Å². The Morgan fingerprint density at radius 1 is 1.73 bits per heavy atom. The molecular formula is C10H19NO3S. The van der Waals surface area contributed by atoms with Crippen LogP contribution in [0.15, 0.2) is 0 Å². The first-order valence-electron chi connectivity index (χ1n) is 5.40. The molecule has 0 aromatic heterocycles. The zero-order valence-electron chi connectivity index (χ0n) is 9.07. The Kier molecular flexibility index (Phi) is 6.05. The molecule has 5 heteroatoms. The SMILES string of the molecule is CCOC(=O)C(O)CNC1CCCSC1. The highest BCUT2D eigenvalue weighted by atomic mass is 32.2. The Morgan fingerprint density at radius 2 is 2.53 bits per heavy atom. The second kappa shape index (κ2) is 7.09. The van der Waals surface area contributed by atoms with E-state index in [-0.39, 0.29) is 0 Å². The van der Waals surface area contributed by atoms with E-state index in [0.717, 1.165) is 12.2 Å². The first-order chi connectivity index (χ1) is 7.24. The number of aliphatic hydroxyl groups excluding tert-OH is 1. The summed E-state index contributed by atoms with van der Waals surface area (Å²) in [7, 11) is 0. The second-order valence-corrected chi connectivity index (χ2v) is 4.74. The lowest BCUT2D eigenvalue weighted by atomic mass is 10.2. The molecule has 1 saturated heterocycles. The molecule has 0 aromatic rings. The van der Waals surface area contributed by atoms with Crippen molar-refractivity contribution in [3.8, 4) is 0 Å². The summed E-state index contributed by atoms with van der Waals surface area (Å²) in [5.74, 6) is 1.75. The van der Waals surface area contributed by atoms with E-state index in [9.17, 15) is 9.90 Å². The molecule has 1 rings (SSSR count). The third kappa shape index (κ3) is 4.86. The molecule has 2 atom stereocenters. The predicted octanol–water partition coefficient (Wildman–Crippen LogP) is 0.396. The van der Waals surface area contributed by atoms with Crippen molar-refractivity contribution in [3.05, 3.63) is 0 Å². The number of carbonyl (C=O) groups excluding carboxylic acids is 1. The fourth-order valence-corrected chi connectivity index (χ4v) is 2.61. The fraction of sp³-hybridized carbons (Fsp3) is 0.900. The zero-order chi connectivity index (χ0) is 11.1. The highest BCUT2D eigenvalue weighted by Crippen LogP contribution is 2.16. The third-order valence-corrected chi connectivity index (χ3v) is 3.53. The Labute approximate surface area is 94.8 Å². The second-order valence-electron chi connectivity index (χ2n) is 3.59. The van der Waals surface area contributed by atoms with Crippen LogP contribution in [0.1, 0.15) is 19.8 Å². The maximum atomic E-state index is 11.1. The highest BCUT2D eigenvalue weighted by Gasteiger charge is 2.19. The predicted molar refractivity (Wildman–Crippen MR) is 61.0 cm³/mol. The minimum atomic E-state index is -1.03. The van der Waals surface area contributed by atoms with Gasteiger partial charge in [0.25, 0.3) is 0 Å². The smallest absolute Gasteiger partial charge is 0.336 e. The first-order valence-corrected chi connectivity index (χ1v) is 6.55. The van der Waals surface area contributed by atoms with Crippen molar-refractivity contribution in [1.82, 2.24) is 5.32 Å². The maximum Gasteiger partial charge on any atom is 0.336 e. The van der Waals surface area contributed by atoms with Crippen molar-refractivity contribution in [2.45, 2.75) is 31.9 Å². The molecule has 15 heavy (non-hydrogen) atoms. The summed E-state index contributed by atoms with van der Waals surface area (Å²) in [6, 6.07) is 0.424. The van der Waals surface area contributed by atoms with Gasteiger partial charge in [0, 0.05) is 18.3 Å². The van der Waals surface area contributed by atoms with Crippen LogP contribution in [0.5, 0.6) is 0 Å². The summed E-state index contributed by atoms with van der Waals surface area (Å²) in [6.45, 7) is 2.34. The maximum absolute atomic E-state index is 11.1. The molecule has 1 aliphatic rings. The molecule has 2 N–H and O–H groups in total. The standard InChI is InChI=1S/C10H19NO3S/c1-2-14-10(13)9(12)6-11-8-4-3-5-15-7-8/h8-9,11-12H,2-7H2,1H3. The van der Waals surface area contributed by atoms with Gasteiger partial charge in [0.1, 0.15) is 0 Å². The van der Waals surface area contributed by atoms with Crippen LogP contribution in [0.2, 0.25) is 0 Å². The molecule has 1 fully saturated rings. The third-order valence-electron chi connectivity index (χ3n) is 2.32. The largest absolute Gasteiger partial charge is 0.464 e. The van der Waals surface area contributed by atoms with Crippen LogP contribution in [0.3, 0.4) is 0 Å². The van der Waals surface area contributed by atoms with Gasteiger partial charge in [-0.05, 0) is 25.5 Å². The van der Waals surface area contributed by atoms with Crippen molar-refractivity contribution < 1.29 is 14.6 Å². The van der Waals surface area contributed by atoms with Gasteiger partial charge in [0.2, 0.25) is 0 Å². The number of esters is 1. The van der Waals surface area contributed by atoms with Gasteiger partial charge < -0.3 is 15.2 Å². The fourth-order valence-electron chi connectivity index (χ4n) is 1.50. The topological polar surface area (TPSA) is 58.6 Å². The number of rotatable bonds is 5. The molecule has 0 bridgehead atoms. The van der Waals surface area contributed by atoms with Crippen LogP contribution in [-0.2, 0) is 9.53 Å². The van der Waals surface area contributed by atoms with Gasteiger partial charge in [-0.1, -0.05) is 0 Å². The van der Waals surface area contributed by atoms with Gasteiger partial charge in [0.15, 0.2) is 6.10 Å². The van der Waals surface area contributed by atoms with Crippen LogP contribution in [0, 0.1) is 0 Å². The van der Waals surface area contributed by atoms with E-state index in [1.54, 1.807) is 6.92 Å². The van der Waals surface area contributed by atoms with E-state index in [1.807, 2.05) is 11.8 Å². The quantitative estimate of drug-likeness (QED) is 0.673. The molecule has 2 unspecified atom stereocenters. The molecule has 0 aliphatic carbocycles. The summed E-state index contributed by atoms with van der Waals surface area (Å²) in [5, 5.41) is 12.6. The van der Waals surface area contributed by atoms with Crippen LogP contribution in [0.4, 0.5) is 0 Å². The molecule has 1 heterocycles. The highest BCUT2D eigenvalue weighted by molar-refractivity contribution is 7.99. The molecule has 0 amide bonds. The van der Waals surface area contributed by atoms with Gasteiger partial charge in [-0.15, -0.1) is 0 Å². The minimum absolute atomic E-state index is 0.296. The molecule has 88 valence electrons. The van der Waals surface area contributed by atoms with Crippen molar-refractivity contribution in [1.29, 1.82) is 0 Å². The molecule has 0 saturated carbocycles. The van der Waals surface area contributed by atoms with Crippen LogP contribution in [0.25, 0.3) is 0 Å². The average molecular weight is 233 g/mol. The average Bonchev–Trinajstić information content (AvgIpc) is 2.27. The van der Waals surface area contributed by atoms with E-state index < -0.39 is 12.1 Å². The molecule has 0 aromatic carbocycles. The molecule has 0 radical (unpaired) electrons. The minimum Gasteiger partial charge on any atom is -0.464 e. The van der Waals surface area contributed by atoms with E-state index in [2.05, 4.69) is 5.32 Å². The molecule has 0 spiro atoms. The van der Waals surface area contributed by atoms with Crippen LogP contribution >= 0.6 is 11.8 Å². The van der Waals surface area contributed by atoms with Crippen LogP contribution in [-0.4, -0.2) is 47.9 Å². The number of carbonyl (C=O) groups is 1. The summed E-state index contributed by atoms with van der Waals surface area (Å²) in [6.07, 6.45) is 1.30. The summed E-state index contributed by atoms with van der Waals surface area (Å²) >= 11 is 1.91. The van der Waals surface area contributed by atoms with Crippen molar-refractivity contribution >= 4 is 17.7 Å². The molecular weight excluding hydrogens is 214 g/mol. The molecule has 1 aliphatic heterocycles. The van der Waals surface area contributed by atoms with Gasteiger partial charge in [0.05, 0.1) is 6.61 Å². The lowest BCUT2D eigenvalue weighted by Crippen LogP contribution is -2.41. The van der Waals surface area contributed by atoms with E-state index in [4.69, 9.17) is 4.74 Å². The van der Waals surface area contributed by atoms with Gasteiger partial charge >= 0.3 is 5.97 Å². The normalized spacial score (nSPS) is 23.5. The summed E-state index contributed by atoms with van der Waals surface area (Å²) < 4.78 is 4.71. The van der Waals surface area contributed by atoms with Crippen molar-refractivity contribution in [2.75, 3.05) is 24.7 Å². The summed E-state index contributed by atoms with van der Waals surface area (Å²) in [4.78, 5) is 11.1. The van der Waals surface area contributed by atoms with Crippen molar-refractivity contribution in [3.63, 3.8) is 0 Å².